The molecule has 1 aliphatic rings. The minimum atomic E-state index is 0.377. The van der Waals surface area contributed by atoms with Crippen molar-refractivity contribution in [3.63, 3.8) is 0 Å². The van der Waals surface area contributed by atoms with Gasteiger partial charge < -0.3 is 16.5 Å². The third kappa shape index (κ3) is 4.39. The number of anilines is 2. The summed E-state index contributed by atoms with van der Waals surface area (Å²) in [5, 5.41) is 11.1. The van der Waals surface area contributed by atoms with E-state index in [-0.39, 0.29) is 0 Å². The number of nitrogens with one attached hydrogen (secondary N) is 2. The molecule has 0 aromatic carbocycles. The van der Waals surface area contributed by atoms with Gasteiger partial charge in [0.05, 0.1) is 11.3 Å². The highest BCUT2D eigenvalue weighted by atomic mass is 15.0. The van der Waals surface area contributed by atoms with Crippen molar-refractivity contribution < 1.29 is 0 Å². The molecule has 1 heterocycles. The molecule has 0 spiro atoms. The van der Waals surface area contributed by atoms with E-state index in [1.54, 1.807) is 26.2 Å². The van der Waals surface area contributed by atoms with Gasteiger partial charge in [-0.05, 0) is 37.6 Å². The number of allylic oxidation sites excluding steroid dienone is 5. The molecule has 0 atom stereocenters. The predicted molar refractivity (Wildman–Crippen MR) is 100 cm³/mol. The summed E-state index contributed by atoms with van der Waals surface area (Å²) in [5.41, 5.74) is 10.3. The molecule has 0 amide bonds. The fraction of sp³-hybridized carbons (Fsp3) is 0.278. The summed E-state index contributed by atoms with van der Waals surface area (Å²) < 4.78 is 0. The maximum absolute atomic E-state index is 7.84. The van der Waals surface area contributed by atoms with Crippen LogP contribution in [0.25, 0.3) is 0 Å². The Bertz CT molecular complexity index is 693. The molecule has 5 nitrogen and oxygen atoms in total. The normalized spacial score (nSPS) is 16.7. The van der Waals surface area contributed by atoms with Crippen LogP contribution in [0, 0.1) is 5.41 Å². The van der Waals surface area contributed by atoms with Crippen molar-refractivity contribution in [2.45, 2.75) is 27.7 Å². The first-order valence-electron chi connectivity index (χ1n) is 7.67. The second kappa shape index (κ2) is 8.68. The summed E-state index contributed by atoms with van der Waals surface area (Å²) in [7, 11) is 1.76. The van der Waals surface area contributed by atoms with Crippen LogP contribution in [0.4, 0.5) is 11.5 Å². The van der Waals surface area contributed by atoms with E-state index >= 15 is 0 Å². The van der Waals surface area contributed by atoms with Gasteiger partial charge in [-0.2, -0.15) is 0 Å². The molecule has 1 aromatic heterocycles. The Morgan fingerprint density at radius 3 is 2.61 bits per heavy atom. The van der Waals surface area contributed by atoms with Gasteiger partial charge in [0, 0.05) is 30.3 Å². The number of hydrogen-bond donors (Lipinski definition) is 3. The van der Waals surface area contributed by atoms with Gasteiger partial charge in [0.1, 0.15) is 5.82 Å². The van der Waals surface area contributed by atoms with Crippen molar-refractivity contribution in [1.29, 1.82) is 5.41 Å². The smallest absolute Gasteiger partial charge is 0.141 e. The highest BCUT2D eigenvalue weighted by Gasteiger charge is 2.13. The molecule has 122 valence electrons. The van der Waals surface area contributed by atoms with E-state index in [2.05, 4.69) is 15.3 Å². The minimum absolute atomic E-state index is 0.377. The lowest BCUT2D eigenvalue weighted by molar-refractivity contribution is 1.26. The number of nitrogens with zero attached hydrogens (tertiary/aromatic N) is 2. The number of nitrogens with two attached hydrogens (primary N) is 1. The van der Waals surface area contributed by atoms with Crippen LogP contribution >= 0.6 is 0 Å². The van der Waals surface area contributed by atoms with Crippen molar-refractivity contribution in [2.75, 3.05) is 18.1 Å². The summed E-state index contributed by atoms with van der Waals surface area (Å²) >= 11 is 0. The average Bonchev–Trinajstić information content (AvgIpc) is 2.56. The standard InChI is InChI=1S/C16H19N5.C2H6/c1-4-11-5-6-12(9-14(11)19-3)21-16-15(10(2)17)13(18)7-8-20-16;1-2/h4-9,17H,1-3H3,(H3,18,20,21);1-2H3/b11-4-,17-10?,19-14?;. The van der Waals surface area contributed by atoms with Gasteiger partial charge in [0.2, 0.25) is 0 Å². The van der Waals surface area contributed by atoms with Gasteiger partial charge in [-0.1, -0.05) is 26.0 Å². The van der Waals surface area contributed by atoms with Crippen LogP contribution in [-0.4, -0.2) is 23.5 Å². The molecule has 4 N–H and O–H groups in total. The molecule has 0 fully saturated rings. The largest absolute Gasteiger partial charge is 0.398 e. The number of rotatable bonds is 3. The molecule has 0 saturated heterocycles. The maximum atomic E-state index is 7.84. The van der Waals surface area contributed by atoms with Gasteiger partial charge >= 0.3 is 0 Å². The third-order valence-electron chi connectivity index (χ3n) is 3.20. The quantitative estimate of drug-likeness (QED) is 0.738. The van der Waals surface area contributed by atoms with Crippen LogP contribution < -0.4 is 11.1 Å². The molecule has 0 bridgehead atoms. The molecular formula is C18H25N5. The Labute approximate surface area is 138 Å². The van der Waals surface area contributed by atoms with Crippen LogP contribution in [0.3, 0.4) is 0 Å². The summed E-state index contributed by atoms with van der Waals surface area (Å²) in [5.74, 6) is 0.581. The van der Waals surface area contributed by atoms with Gasteiger partial charge in [0.25, 0.3) is 0 Å². The van der Waals surface area contributed by atoms with Crippen molar-refractivity contribution in [2.24, 2.45) is 4.99 Å². The number of aliphatic imine (C=N–C) groups is 1. The minimum Gasteiger partial charge on any atom is -0.398 e. The van der Waals surface area contributed by atoms with Gasteiger partial charge in [0.15, 0.2) is 0 Å². The molecule has 2 rings (SSSR count). The molecule has 23 heavy (non-hydrogen) atoms. The van der Waals surface area contributed by atoms with E-state index in [0.29, 0.717) is 22.8 Å². The first-order chi connectivity index (χ1) is 11.1. The number of hydrogen-bond acceptors (Lipinski definition) is 5. The first-order valence-corrected chi connectivity index (χ1v) is 7.67. The molecule has 1 aromatic rings. The highest BCUT2D eigenvalue weighted by Crippen LogP contribution is 2.23. The SMILES string of the molecule is C/C=C1/C=CC(Nc2nccc(N)c2C(C)=N)=CC1=NC.CC. The van der Waals surface area contributed by atoms with Gasteiger partial charge in [-0.3, -0.25) is 4.99 Å². The lowest BCUT2D eigenvalue weighted by atomic mass is 10.0. The predicted octanol–water partition coefficient (Wildman–Crippen LogP) is 3.96. The van der Waals surface area contributed by atoms with Crippen LogP contribution in [0.15, 0.2) is 52.8 Å². The lowest BCUT2D eigenvalue weighted by Crippen LogP contribution is -2.12. The summed E-state index contributed by atoms with van der Waals surface area (Å²) in [6.07, 6.45) is 9.54. The third-order valence-corrected chi connectivity index (χ3v) is 3.20. The first kappa shape index (κ1) is 18.4. The fourth-order valence-electron chi connectivity index (χ4n) is 2.16. The zero-order valence-electron chi connectivity index (χ0n) is 14.4. The van der Waals surface area contributed by atoms with Crippen molar-refractivity contribution in [1.82, 2.24) is 4.98 Å². The van der Waals surface area contributed by atoms with Crippen molar-refractivity contribution in [3.05, 3.63) is 53.4 Å². The Kier molecular flexibility index (Phi) is 6.93. The van der Waals surface area contributed by atoms with E-state index in [1.807, 2.05) is 45.1 Å². The average molecular weight is 311 g/mol. The molecule has 0 radical (unpaired) electrons. The Morgan fingerprint density at radius 2 is 2.04 bits per heavy atom. The molecule has 0 unspecified atom stereocenters. The number of pyridine rings is 1. The Balaban J connectivity index is 0.00000127. The molecule has 5 heteroatoms. The monoisotopic (exact) mass is 311 g/mol. The molecule has 0 saturated carbocycles. The molecule has 0 aliphatic heterocycles. The zero-order chi connectivity index (χ0) is 17.4. The van der Waals surface area contributed by atoms with Crippen molar-refractivity contribution >= 4 is 22.9 Å². The van der Waals surface area contributed by atoms with E-state index in [1.165, 1.54) is 0 Å². The van der Waals surface area contributed by atoms with Crippen LogP contribution in [0.1, 0.15) is 33.3 Å². The second-order valence-electron chi connectivity index (χ2n) is 4.66. The Hall–Kier alpha value is -2.69. The van der Waals surface area contributed by atoms with Crippen molar-refractivity contribution in [3.8, 4) is 0 Å². The maximum Gasteiger partial charge on any atom is 0.141 e. The second-order valence-corrected chi connectivity index (χ2v) is 4.66. The lowest BCUT2D eigenvalue weighted by Gasteiger charge is -2.16. The Morgan fingerprint density at radius 1 is 1.35 bits per heavy atom. The van der Waals surface area contributed by atoms with E-state index in [0.717, 1.165) is 17.0 Å². The van der Waals surface area contributed by atoms with E-state index in [9.17, 15) is 0 Å². The summed E-state index contributed by atoms with van der Waals surface area (Å²) in [4.78, 5) is 8.54. The van der Waals surface area contributed by atoms with Crippen LogP contribution in [-0.2, 0) is 0 Å². The van der Waals surface area contributed by atoms with Gasteiger partial charge in [-0.15, -0.1) is 0 Å². The van der Waals surface area contributed by atoms with Crippen LogP contribution in [0.2, 0.25) is 0 Å². The molecular weight excluding hydrogens is 286 g/mol. The number of aromatic nitrogens is 1. The zero-order valence-corrected chi connectivity index (χ0v) is 14.4. The molecule has 1 aliphatic carbocycles. The van der Waals surface area contributed by atoms with Crippen LogP contribution in [0.5, 0.6) is 0 Å². The fourth-order valence-corrected chi connectivity index (χ4v) is 2.16. The summed E-state index contributed by atoms with van der Waals surface area (Å²) in [6.45, 7) is 7.67. The highest BCUT2D eigenvalue weighted by molar-refractivity contribution is 6.12. The summed E-state index contributed by atoms with van der Waals surface area (Å²) in [6, 6.07) is 1.69. The van der Waals surface area contributed by atoms with E-state index in [4.69, 9.17) is 11.1 Å². The van der Waals surface area contributed by atoms with E-state index < -0.39 is 0 Å². The topological polar surface area (TPSA) is 87.1 Å². The number of nitrogen functional groups attached to an aromatic ring is 1. The van der Waals surface area contributed by atoms with Gasteiger partial charge in [-0.25, -0.2) is 4.98 Å².